The SMILES string of the molecule is O=C(O)/C=C\C(=O)O.c1ccc(C(CC2CC3CCN2CC3)(c2ccccc2)C2CCCC2)cc1. The fraction of sp³-hybridized carbons (Fsp3) is 0.467. The van der Waals surface area contributed by atoms with E-state index in [9.17, 15) is 9.59 Å². The van der Waals surface area contributed by atoms with Gasteiger partial charge in [0.05, 0.1) is 0 Å². The summed E-state index contributed by atoms with van der Waals surface area (Å²) in [6, 6.07) is 23.8. The summed E-state index contributed by atoms with van der Waals surface area (Å²) in [7, 11) is 0. The molecule has 6 rings (SSSR count). The van der Waals surface area contributed by atoms with E-state index >= 15 is 0 Å². The molecule has 0 radical (unpaired) electrons. The summed E-state index contributed by atoms with van der Waals surface area (Å²) in [4.78, 5) is 21.9. The van der Waals surface area contributed by atoms with E-state index in [1.165, 1.54) is 64.5 Å². The number of carboxylic acid groups (broad SMARTS) is 2. The van der Waals surface area contributed by atoms with Gasteiger partial charge >= 0.3 is 11.9 Å². The summed E-state index contributed by atoms with van der Waals surface area (Å²) < 4.78 is 0. The maximum Gasteiger partial charge on any atom is 0.328 e. The van der Waals surface area contributed by atoms with Crippen molar-refractivity contribution in [2.24, 2.45) is 11.8 Å². The van der Waals surface area contributed by atoms with Gasteiger partial charge in [0.25, 0.3) is 0 Å². The Bertz CT molecular complexity index is 934. The molecule has 5 heteroatoms. The smallest absolute Gasteiger partial charge is 0.328 e. The number of benzene rings is 2. The topological polar surface area (TPSA) is 77.8 Å². The number of aliphatic carboxylic acids is 2. The minimum absolute atomic E-state index is 0.182. The van der Waals surface area contributed by atoms with Gasteiger partial charge in [-0.05, 0) is 74.6 Å². The lowest BCUT2D eigenvalue weighted by Crippen LogP contribution is -2.52. The number of hydrogen-bond acceptors (Lipinski definition) is 3. The van der Waals surface area contributed by atoms with E-state index in [1.807, 2.05) is 0 Å². The average molecular weight is 476 g/mol. The van der Waals surface area contributed by atoms with E-state index in [2.05, 4.69) is 65.6 Å². The zero-order chi connectivity index (χ0) is 24.7. The minimum atomic E-state index is -1.26. The van der Waals surface area contributed by atoms with Gasteiger partial charge in [0.15, 0.2) is 0 Å². The van der Waals surface area contributed by atoms with Crippen molar-refractivity contribution >= 4 is 11.9 Å². The first-order valence-electron chi connectivity index (χ1n) is 13.0. The molecule has 0 spiro atoms. The maximum absolute atomic E-state index is 9.55. The van der Waals surface area contributed by atoms with Crippen LogP contribution in [-0.4, -0.2) is 46.2 Å². The Kier molecular flexibility index (Phi) is 8.40. The van der Waals surface area contributed by atoms with Crippen LogP contribution < -0.4 is 0 Å². The van der Waals surface area contributed by atoms with Crippen molar-refractivity contribution in [2.45, 2.75) is 62.8 Å². The summed E-state index contributed by atoms with van der Waals surface area (Å²) >= 11 is 0. The summed E-state index contributed by atoms with van der Waals surface area (Å²) in [6.45, 7) is 2.67. The quantitative estimate of drug-likeness (QED) is 0.499. The van der Waals surface area contributed by atoms with Gasteiger partial charge in [0.2, 0.25) is 0 Å². The first kappa shape index (κ1) is 25.2. The Labute approximate surface area is 208 Å². The lowest BCUT2D eigenvalue weighted by molar-refractivity contribution is -0.134. The van der Waals surface area contributed by atoms with Gasteiger partial charge in [0, 0.05) is 23.6 Å². The summed E-state index contributed by atoms with van der Waals surface area (Å²) in [6.07, 6.45) is 12.3. The van der Waals surface area contributed by atoms with Crippen LogP contribution in [0.2, 0.25) is 0 Å². The van der Waals surface area contributed by atoms with Crippen LogP contribution in [0, 0.1) is 11.8 Å². The molecular weight excluding hydrogens is 438 g/mol. The second kappa shape index (κ2) is 11.7. The lowest BCUT2D eigenvalue weighted by atomic mass is 9.60. The molecule has 35 heavy (non-hydrogen) atoms. The monoisotopic (exact) mass is 475 g/mol. The standard InChI is InChI=1S/C26H33N.C4H4O4/c1-3-9-22(10-4-1)26(24-13-7-8-14-24,23-11-5-2-6-12-23)20-25-19-21-15-17-27(25)18-16-21;5-3(6)1-2-4(7)8/h1-6,9-12,21,24-25H,7-8,13-20H2;1-2H,(H,5,6)(H,7,8)/b;2-1-. The molecule has 1 unspecified atom stereocenters. The number of rotatable bonds is 7. The van der Waals surface area contributed by atoms with Gasteiger partial charge in [-0.1, -0.05) is 73.5 Å². The van der Waals surface area contributed by atoms with Crippen molar-refractivity contribution in [3.8, 4) is 0 Å². The van der Waals surface area contributed by atoms with E-state index in [4.69, 9.17) is 10.2 Å². The van der Waals surface area contributed by atoms with Crippen LogP contribution in [0.1, 0.15) is 62.5 Å². The largest absolute Gasteiger partial charge is 0.478 e. The highest BCUT2D eigenvalue weighted by atomic mass is 16.4. The van der Waals surface area contributed by atoms with Crippen LogP contribution in [0.25, 0.3) is 0 Å². The van der Waals surface area contributed by atoms with Gasteiger partial charge in [-0.2, -0.15) is 0 Å². The highest BCUT2D eigenvalue weighted by Gasteiger charge is 2.47. The molecule has 3 heterocycles. The van der Waals surface area contributed by atoms with Crippen LogP contribution in [0.15, 0.2) is 72.8 Å². The zero-order valence-corrected chi connectivity index (χ0v) is 20.4. The molecule has 3 saturated heterocycles. The van der Waals surface area contributed by atoms with Crippen molar-refractivity contribution in [2.75, 3.05) is 13.1 Å². The van der Waals surface area contributed by atoms with E-state index in [1.54, 1.807) is 11.1 Å². The number of hydrogen-bond donors (Lipinski definition) is 2. The molecule has 2 bridgehead atoms. The van der Waals surface area contributed by atoms with Crippen molar-refractivity contribution in [1.29, 1.82) is 0 Å². The molecule has 2 aromatic carbocycles. The Morgan fingerprint density at radius 2 is 1.29 bits per heavy atom. The fourth-order valence-corrected chi connectivity index (χ4v) is 6.74. The van der Waals surface area contributed by atoms with Crippen LogP contribution in [0.5, 0.6) is 0 Å². The molecular formula is C30H37NO4. The number of fused-ring (bicyclic) bond motifs is 3. The van der Waals surface area contributed by atoms with Gasteiger partial charge in [-0.3, -0.25) is 0 Å². The average Bonchev–Trinajstić information content (AvgIpc) is 3.44. The predicted octanol–water partition coefficient (Wildman–Crippen LogP) is 5.75. The van der Waals surface area contributed by atoms with Crippen molar-refractivity contribution in [1.82, 2.24) is 4.90 Å². The summed E-state index contributed by atoms with van der Waals surface area (Å²) in [5.41, 5.74) is 3.30. The lowest BCUT2D eigenvalue weighted by Gasteiger charge is -2.51. The predicted molar refractivity (Wildman–Crippen MR) is 137 cm³/mol. The molecule has 186 valence electrons. The van der Waals surface area contributed by atoms with Crippen LogP contribution in [0.3, 0.4) is 0 Å². The summed E-state index contributed by atoms with van der Waals surface area (Å²) in [5, 5.41) is 15.6. The first-order valence-corrected chi connectivity index (χ1v) is 13.0. The molecule has 1 saturated carbocycles. The van der Waals surface area contributed by atoms with Crippen LogP contribution >= 0.6 is 0 Å². The zero-order valence-electron chi connectivity index (χ0n) is 20.4. The van der Waals surface area contributed by atoms with Gasteiger partial charge in [-0.15, -0.1) is 0 Å². The Hall–Kier alpha value is -2.92. The van der Waals surface area contributed by atoms with E-state index in [0.717, 1.165) is 17.9 Å². The summed E-state index contributed by atoms with van der Waals surface area (Å²) in [5.74, 6) is -0.753. The van der Waals surface area contributed by atoms with Gasteiger partial charge < -0.3 is 15.1 Å². The third-order valence-electron chi connectivity index (χ3n) is 8.33. The van der Waals surface area contributed by atoms with Crippen molar-refractivity contribution in [3.63, 3.8) is 0 Å². The third-order valence-corrected chi connectivity index (χ3v) is 8.33. The maximum atomic E-state index is 9.55. The van der Waals surface area contributed by atoms with E-state index < -0.39 is 11.9 Å². The number of carbonyl (C=O) groups is 2. The molecule has 3 aliphatic heterocycles. The molecule has 2 aromatic rings. The normalized spacial score (nSPS) is 24.2. The Morgan fingerprint density at radius 1 is 0.800 bits per heavy atom. The number of piperidine rings is 3. The molecule has 1 atom stereocenters. The van der Waals surface area contributed by atoms with Gasteiger partial charge in [0.1, 0.15) is 0 Å². The van der Waals surface area contributed by atoms with E-state index in [-0.39, 0.29) is 5.41 Å². The Morgan fingerprint density at radius 3 is 1.69 bits per heavy atom. The van der Waals surface area contributed by atoms with Crippen LogP contribution in [-0.2, 0) is 15.0 Å². The highest BCUT2D eigenvalue weighted by molar-refractivity contribution is 5.89. The third kappa shape index (κ3) is 6.02. The van der Waals surface area contributed by atoms with Crippen molar-refractivity contribution in [3.05, 3.63) is 83.9 Å². The molecule has 2 N–H and O–H groups in total. The number of carboxylic acids is 2. The first-order chi connectivity index (χ1) is 17.0. The van der Waals surface area contributed by atoms with Crippen LogP contribution in [0.4, 0.5) is 0 Å². The molecule has 1 aliphatic carbocycles. The van der Waals surface area contributed by atoms with Gasteiger partial charge in [-0.25, -0.2) is 9.59 Å². The molecule has 0 aromatic heterocycles. The Balaban J connectivity index is 0.000000314. The second-order valence-corrected chi connectivity index (χ2v) is 10.3. The van der Waals surface area contributed by atoms with Crippen molar-refractivity contribution < 1.29 is 19.8 Å². The van der Waals surface area contributed by atoms with E-state index in [0.29, 0.717) is 12.2 Å². The molecule has 4 fully saturated rings. The molecule has 5 nitrogen and oxygen atoms in total. The molecule has 0 amide bonds. The minimum Gasteiger partial charge on any atom is -0.478 e. The fourth-order valence-electron chi connectivity index (χ4n) is 6.74. The second-order valence-electron chi connectivity index (χ2n) is 10.3. The highest BCUT2D eigenvalue weighted by Crippen LogP contribution is 2.51. The number of nitrogens with zero attached hydrogens (tertiary/aromatic N) is 1. The molecule has 4 aliphatic rings.